The summed E-state index contributed by atoms with van der Waals surface area (Å²) in [4.78, 5) is 0. The molecular formula is C15H17N3. The lowest BCUT2D eigenvalue weighted by Gasteiger charge is -2.10. The van der Waals surface area contributed by atoms with Gasteiger partial charge in [0.1, 0.15) is 0 Å². The smallest absolute Gasteiger partial charge is 0.0992 e. The fourth-order valence-electron chi connectivity index (χ4n) is 1.96. The number of hydrogen-bond acceptors (Lipinski definition) is 2. The number of benzene rings is 1. The van der Waals surface area contributed by atoms with E-state index in [0.29, 0.717) is 5.56 Å². The molecule has 2 aromatic rings. The van der Waals surface area contributed by atoms with Gasteiger partial charge in [-0.1, -0.05) is 13.0 Å². The van der Waals surface area contributed by atoms with E-state index in [9.17, 15) is 0 Å². The molecule has 0 fully saturated rings. The summed E-state index contributed by atoms with van der Waals surface area (Å²) >= 11 is 0. The number of nitrogens with one attached hydrogen (secondary N) is 1. The van der Waals surface area contributed by atoms with E-state index >= 15 is 0 Å². The highest BCUT2D eigenvalue weighted by Gasteiger charge is 2.00. The quantitative estimate of drug-likeness (QED) is 0.869. The fraction of sp³-hybridized carbons (Fsp3) is 0.267. The van der Waals surface area contributed by atoms with Gasteiger partial charge < -0.3 is 9.88 Å². The predicted octanol–water partition coefficient (Wildman–Crippen LogP) is 3.38. The van der Waals surface area contributed by atoms with Gasteiger partial charge in [0.2, 0.25) is 0 Å². The van der Waals surface area contributed by atoms with Crippen molar-refractivity contribution in [2.75, 3.05) is 5.32 Å². The SMILES string of the molecule is CCCn1cccc1CNc1cccc(C#N)c1. The molecule has 0 radical (unpaired) electrons. The molecule has 0 aliphatic rings. The largest absolute Gasteiger partial charge is 0.379 e. The predicted molar refractivity (Wildman–Crippen MR) is 73.2 cm³/mol. The van der Waals surface area contributed by atoms with Crippen LogP contribution in [0.25, 0.3) is 0 Å². The standard InChI is InChI=1S/C15H17N3/c1-2-8-18-9-4-7-15(18)12-17-14-6-3-5-13(10-14)11-16/h3-7,9-10,17H,2,8,12H2,1H3. The first-order valence-electron chi connectivity index (χ1n) is 6.21. The maximum atomic E-state index is 8.85. The summed E-state index contributed by atoms with van der Waals surface area (Å²) in [5.74, 6) is 0. The Morgan fingerprint density at radius 3 is 2.94 bits per heavy atom. The molecule has 0 aliphatic heterocycles. The molecule has 1 aromatic carbocycles. The number of aryl methyl sites for hydroxylation is 1. The number of aromatic nitrogens is 1. The second-order valence-corrected chi connectivity index (χ2v) is 4.24. The van der Waals surface area contributed by atoms with Crippen LogP contribution in [0.15, 0.2) is 42.6 Å². The highest BCUT2D eigenvalue weighted by atomic mass is 15.0. The van der Waals surface area contributed by atoms with Gasteiger partial charge in [-0.05, 0) is 36.8 Å². The van der Waals surface area contributed by atoms with Crippen LogP contribution in [0.1, 0.15) is 24.6 Å². The van der Waals surface area contributed by atoms with E-state index in [4.69, 9.17) is 5.26 Å². The molecule has 0 spiro atoms. The Morgan fingerprint density at radius 1 is 1.28 bits per heavy atom. The first kappa shape index (κ1) is 12.3. The van der Waals surface area contributed by atoms with Crippen LogP contribution < -0.4 is 5.32 Å². The van der Waals surface area contributed by atoms with Crippen LogP contribution >= 0.6 is 0 Å². The summed E-state index contributed by atoms with van der Waals surface area (Å²) in [5, 5.41) is 12.2. The summed E-state index contributed by atoms with van der Waals surface area (Å²) in [6.07, 6.45) is 3.23. The topological polar surface area (TPSA) is 40.8 Å². The number of nitriles is 1. The van der Waals surface area contributed by atoms with E-state index in [-0.39, 0.29) is 0 Å². The summed E-state index contributed by atoms with van der Waals surface area (Å²) in [6.45, 7) is 4.00. The molecule has 3 heteroatoms. The second-order valence-electron chi connectivity index (χ2n) is 4.24. The summed E-state index contributed by atoms with van der Waals surface area (Å²) in [7, 11) is 0. The van der Waals surface area contributed by atoms with Crippen molar-refractivity contribution in [3.63, 3.8) is 0 Å². The Balaban J connectivity index is 2.02. The van der Waals surface area contributed by atoms with Gasteiger partial charge in [0, 0.05) is 24.1 Å². The zero-order valence-electron chi connectivity index (χ0n) is 10.6. The van der Waals surface area contributed by atoms with Crippen LogP contribution in [0.3, 0.4) is 0 Å². The number of hydrogen-bond donors (Lipinski definition) is 1. The molecule has 0 saturated carbocycles. The van der Waals surface area contributed by atoms with E-state index in [1.54, 1.807) is 0 Å². The molecular weight excluding hydrogens is 222 g/mol. The van der Waals surface area contributed by atoms with Crippen LogP contribution in [0.5, 0.6) is 0 Å². The Labute approximate surface area is 108 Å². The Bertz CT molecular complexity index is 549. The monoisotopic (exact) mass is 239 g/mol. The molecule has 0 aliphatic carbocycles. The Hall–Kier alpha value is -2.21. The van der Waals surface area contributed by atoms with Gasteiger partial charge in [-0.3, -0.25) is 0 Å². The van der Waals surface area contributed by atoms with E-state index in [1.807, 2.05) is 24.3 Å². The molecule has 3 nitrogen and oxygen atoms in total. The Kier molecular flexibility index (Phi) is 4.03. The summed E-state index contributed by atoms with van der Waals surface area (Å²) < 4.78 is 2.25. The third-order valence-electron chi connectivity index (χ3n) is 2.85. The van der Waals surface area contributed by atoms with Gasteiger partial charge in [-0.25, -0.2) is 0 Å². The first-order valence-corrected chi connectivity index (χ1v) is 6.21. The summed E-state index contributed by atoms with van der Waals surface area (Å²) in [6, 6.07) is 13.9. The van der Waals surface area contributed by atoms with Gasteiger partial charge >= 0.3 is 0 Å². The zero-order valence-corrected chi connectivity index (χ0v) is 10.6. The van der Waals surface area contributed by atoms with E-state index in [2.05, 4.69) is 41.2 Å². The van der Waals surface area contributed by atoms with Gasteiger partial charge in [-0.2, -0.15) is 5.26 Å². The van der Waals surface area contributed by atoms with Crippen molar-refractivity contribution in [1.82, 2.24) is 4.57 Å². The van der Waals surface area contributed by atoms with Crippen LogP contribution in [0.2, 0.25) is 0 Å². The van der Waals surface area contributed by atoms with Gasteiger partial charge in [0.15, 0.2) is 0 Å². The average Bonchev–Trinajstić information content (AvgIpc) is 2.85. The number of nitrogens with zero attached hydrogens (tertiary/aromatic N) is 2. The highest BCUT2D eigenvalue weighted by molar-refractivity contribution is 5.49. The number of rotatable bonds is 5. The van der Waals surface area contributed by atoms with Crippen molar-refractivity contribution in [3.8, 4) is 6.07 Å². The van der Waals surface area contributed by atoms with Crippen molar-refractivity contribution in [2.24, 2.45) is 0 Å². The van der Waals surface area contributed by atoms with Crippen LogP contribution in [-0.4, -0.2) is 4.57 Å². The number of anilines is 1. The highest BCUT2D eigenvalue weighted by Crippen LogP contribution is 2.12. The van der Waals surface area contributed by atoms with Crippen molar-refractivity contribution < 1.29 is 0 Å². The molecule has 2 rings (SSSR count). The van der Waals surface area contributed by atoms with Crippen LogP contribution in [0, 0.1) is 11.3 Å². The lowest BCUT2D eigenvalue weighted by atomic mass is 10.2. The lowest BCUT2D eigenvalue weighted by Crippen LogP contribution is -2.06. The lowest BCUT2D eigenvalue weighted by molar-refractivity contribution is 0.654. The van der Waals surface area contributed by atoms with Crippen LogP contribution in [-0.2, 0) is 13.1 Å². The van der Waals surface area contributed by atoms with Crippen LogP contribution in [0.4, 0.5) is 5.69 Å². The summed E-state index contributed by atoms with van der Waals surface area (Å²) in [5.41, 5.74) is 2.93. The van der Waals surface area contributed by atoms with Crippen molar-refractivity contribution in [2.45, 2.75) is 26.4 Å². The molecule has 92 valence electrons. The van der Waals surface area contributed by atoms with E-state index in [1.165, 1.54) is 5.69 Å². The zero-order chi connectivity index (χ0) is 12.8. The molecule has 0 atom stereocenters. The van der Waals surface area contributed by atoms with Crippen molar-refractivity contribution in [1.29, 1.82) is 5.26 Å². The van der Waals surface area contributed by atoms with Crippen molar-refractivity contribution in [3.05, 3.63) is 53.9 Å². The van der Waals surface area contributed by atoms with Gasteiger partial charge in [-0.15, -0.1) is 0 Å². The minimum absolute atomic E-state index is 0.684. The third kappa shape index (κ3) is 2.92. The molecule has 0 saturated heterocycles. The maximum absolute atomic E-state index is 8.85. The minimum Gasteiger partial charge on any atom is -0.379 e. The average molecular weight is 239 g/mol. The molecule has 0 bridgehead atoms. The maximum Gasteiger partial charge on any atom is 0.0992 e. The molecule has 18 heavy (non-hydrogen) atoms. The van der Waals surface area contributed by atoms with Gasteiger partial charge in [0.25, 0.3) is 0 Å². The van der Waals surface area contributed by atoms with E-state index in [0.717, 1.165) is 25.2 Å². The first-order chi connectivity index (χ1) is 8.83. The van der Waals surface area contributed by atoms with Gasteiger partial charge in [0.05, 0.1) is 18.2 Å². The molecule has 0 unspecified atom stereocenters. The minimum atomic E-state index is 0.684. The second kappa shape index (κ2) is 5.92. The molecule has 0 amide bonds. The molecule has 1 heterocycles. The third-order valence-corrected chi connectivity index (χ3v) is 2.85. The van der Waals surface area contributed by atoms with Crippen molar-refractivity contribution >= 4 is 5.69 Å². The fourth-order valence-corrected chi connectivity index (χ4v) is 1.96. The normalized spacial score (nSPS) is 10.0. The Morgan fingerprint density at radius 2 is 2.17 bits per heavy atom. The molecule has 1 aromatic heterocycles. The molecule has 1 N–H and O–H groups in total. The van der Waals surface area contributed by atoms with E-state index < -0.39 is 0 Å².